The fourth-order valence-corrected chi connectivity index (χ4v) is 6.06. The Hall–Kier alpha value is -3.34. The van der Waals surface area contributed by atoms with Crippen molar-refractivity contribution in [3.63, 3.8) is 0 Å². The lowest BCUT2D eigenvalue weighted by molar-refractivity contribution is 0.00206. The summed E-state index contributed by atoms with van der Waals surface area (Å²) in [5.74, 6) is 0. The van der Waals surface area contributed by atoms with Crippen molar-refractivity contribution in [1.29, 1.82) is 0 Å². The van der Waals surface area contributed by atoms with E-state index in [9.17, 15) is 0 Å². The largest absolute Gasteiger partial charge is 0.377 e. The molecule has 0 saturated carbocycles. The molecule has 1 fully saturated rings. The molecular weight excluding hydrogens is 536 g/mol. The molecule has 0 bridgehead atoms. The predicted octanol–water partition coefficient (Wildman–Crippen LogP) is 5.54. The molecule has 1 saturated heterocycles. The van der Waals surface area contributed by atoms with Crippen molar-refractivity contribution >= 4 is 38.6 Å². The van der Waals surface area contributed by atoms with Crippen LogP contribution in [0.5, 0.6) is 0 Å². The summed E-state index contributed by atoms with van der Waals surface area (Å²) >= 11 is 1.71. The number of thiazole rings is 1. The number of para-hydroxylation sites is 2. The molecular formula is C32H36N4O4S. The van der Waals surface area contributed by atoms with Gasteiger partial charge in [0.1, 0.15) is 5.01 Å². The zero-order chi connectivity index (χ0) is 27.7. The zero-order valence-electron chi connectivity index (χ0n) is 23.2. The highest BCUT2D eigenvalue weighted by atomic mass is 32.1. The van der Waals surface area contributed by atoms with E-state index in [1.807, 2.05) is 12.1 Å². The molecule has 2 aliphatic rings. The van der Waals surface area contributed by atoms with Gasteiger partial charge in [0.2, 0.25) is 0 Å². The Morgan fingerprint density at radius 1 is 0.634 bits per heavy atom. The first-order valence-corrected chi connectivity index (χ1v) is 15.1. The van der Waals surface area contributed by atoms with Gasteiger partial charge in [0, 0.05) is 25.2 Å². The van der Waals surface area contributed by atoms with Gasteiger partial charge < -0.3 is 23.8 Å². The van der Waals surface area contributed by atoms with Crippen molar-refractivity contribution in [2.24, 2.45) is 5.10 Å². The lowest BCUT2D eigenvalue weighted by Gasteiger charge is -2.27. The van der Waals surface area contributed by atoms with E-state index in [1.54, 1.807) is 11.3 Å². The Morgan fingerprint density at radius 2 is 1.24 bits per heavy atom. The van der Waals surface area contributed by atoms with Gasteiger partial charge >= 0.3 is 0 Å². The van der Waals surface area contributed by atoms with E-state index in [0.29, 0.717) is 52.9 Å². The second-order valence-corrected chi connectivity index (χ2v) is 11.0. The van der Waals surface area contributed by atoms with Crippen molar-refractivity contribution in [3.8, 4) is 0 Å². The zero-order valence-corrected chi connectivity index (χ0v) is 24.0. The third-order valence-corrected chi connectivity index (χ3v) is 8.33. The van der Waals surface area contributed by atoms with Crippen LogP contribution in [-0.4, -0.2) is 76.6 Å². The summed E-state index contributed by atoms with van der Waals surface area (Å²) in [5, 5.41) is 8.24. The number of anilines is 2. The number of hydrogen-bond acceptors (Lipinski definition) is 9. The summed E-state index contributed by atoms with van der Waals surface area (Å²) in [7, 11) is 0. The van der Waals surface area contributed by atoms with Gasteiger partial charge in [-0.25, -0.2) is 4.98 Å². The molecule has 214 valence electrons. The lowest BCUT2D eigenvalue weighted by Crippen LogP contribution is -2.31. The highest BCUT2D eigenvalue weighted by Gasteiger charge is 2.31. The molecule has 1 aromatic heterocycles. The van der Waals surface area contributed by atoms with E-state index in [4.69, 9.17) is 29.0 Å². The lowest BCUT2D eigenvalue weighted by atomic mass is 10.0. The maximum atomic E-state index is 5.83. The minimum Gasteiger partial charge on any atom is -0.377 e. The van der Waals surface area contributed by atoms with Crippen LogP contribution < -0.4 is 9.91 Å². The Kier molecular flexibility index (Phi) is 9.51. The number of nitrogens with zero attached hydrogens (tertiary/aromatic N) is 4. The topological polar surface area (TPSA) is 68.7 Å². The highest BCUT2D eigenvalue weighted by Crippen LogP contribution is 2.38. The molecule has 1 atom stereocenters. The molecule has 2 aliphatic heterocycles. The summed E-state index contributed by atoms with van der Waals surface area (Å²) in [4.78, 5) is 7.22. The van der Waals surface area contributed by atoms with Crippen LogP contribution in [0.15, 0.2) is 84.0 Å². The van der Waals surface area contributed by atoms with Crippen LogP contribution in [0.1, 0.15) is 23.0 Å². The van der Waals surface area contributed by atoms with Gasteiger partial charge in [0.25, 0.3) is 0 Å². The van der Waals surface area contributed by atoms with Crippen molar-refractivity contribution in [2.45, 2.75) is 12.5 Å². The van der Waals surface area contributed by atoms with E-state index < -0.39 is 0 Å². The molecule has 0 radical (unpaired) electrons. The van der Waals surface area contributed by atoms with Gasteiger partial charge in [-0.2, -0.15) is 5.10 Å². The average molecular weight is 573 g/mol. The molecule has 0 N–H and O–H groups in total. The quantitative estimate of drug-likeness (QED) is 0.318. The molecule has 0 amide bonds. The molecule has 8 nitrogen and oxygen atoms in total. The van der Waals surface area contributed by atoms with Gasteiger partial charge in [-0.15, -0.1) is 11.3 Å². The number of hydrogen-bond donors (Lipinski definition) is 0. The van der Waals surface area contributed by atoms with Gasteiger partial charge in [0.05, 0.1) is 80.5 Å². The Bertz CT molecular complexity index is 1360. The first kappa shape index (κ1) is 27.8. The van der Waals surface area contributed by atoms with Crippen molar-refractivity contribution in [3.05, 3.63) is 89.4 Å². The van der Waals surface area contributed by atoms with E-state index in [2.05, 4.69) is 76.6 Å². The maximum Gasteiger partial charge on any atom is 0.140 e. The van der Waals surface area contributed by atoms with E-state index in [0.717, 1.165) is 47.1 Å². The normalized spacial score (nSPS) is 20.0. The summed E-state index contributed by atoms with van der Waals surface area (Å²) in [5.41, 5.74) is 5.49. The molecule has 41 heavy (non-hydrogen) atoms. The number of hydrazone groups is 1. The van der Waals surface area contributed by atoms with Crippen LogP contribution in [0, 0.1) is 0 Å². The van der Waals surface area contributed by atoms with Crippen LogP contribution in [0.4, 0.5) is 11.4 Å². The predicted molar refractivity (Wildman–Crippen MR) is 164 cm³/mol. The van der Waals surface area contributed by atoms with Crippen molar-refractivity contribution < 1.29 is 18.9 Å². The summed E-state index contributed by atoms with van der Waals surface area (Å²) in [6.07, 6.45) is 0.795. The fraction of sp³-hybridized carbons (Fsp3) is 0.375. The number of ether oxygens (including phenoxy) is 4. The molecule has 0 aliphatic carbocycles. The molecule has 3 heterocycles. The number of benzene rings is 3. The smallest absolute Gasteiger partial charge is 0.140 e. The molecule has 4 aromatic rings. The van der Waals surface area contributed by atoms with E-state index in [1.165, 1.54) is 10.3 Å². The van der Waals surface area contributed by atoms with E-state index in [-0.39, 0.29) is 6.04 Å². The molecule has 3 aromatic carbocycles. The third-order valence-electron chi connectivity index (χ3n) is 7.24. The first-order valence-electron chi connectivity index (χ1n) is 14.3. The van der Waals surface area contributed by atoms with Gasteiger partial charge in [-0.05, 0) is 42.0 Å². The molecule has 1 unspecified atom stereocenters. The summed E-state index contributed by atoms with van der Waals surface area (Å²) < 4.78 is 24.0. The third kappa shape index (κ3) is 7.12. The first-order chi connectivity index (χ1) is 20.3. The Labute approximate surface area is 245 Å². The average Bonchev–Trinajstić information content (AvgIpc) is 3.65. The maximum absolute atomic E-state index is 5.83. The second-order valence-electron chi connectivity index (χ2n) is 9.96. The number of fused-ring (bicyclic) bond motifs is 1. The highest BCUT2D eigenvalue weighted by molar-refractivity contribution is 7.20. The molecule has 6 rings (SSSR count). The monoisotopic (exact) mass is 572 g/mol. The molecule has 0 spiro atoms. The second kappa shape index (κ2) is 14.0. The Balaban J connectivity index is 1.19. The minimum absolute atomic E-state index is 0.0862. The van der Waals surface area contributed by atoms with E-state index >= 15 is 0 Å². The summed E-state index contributed by atoms with van der Waals surface area (Å²) in [6.45, 7) is 6.30. The van der Waals surface area contributed by atoms with Crippen molar-refractivity contribution in [1.82, 2.24) is 4.98 Å². The molecule has 9 heteroatoms. The Morgan fingerprint density at radius 3 is 1.90 bits per heavy atom. The van der Waals surface area contributed by atoms with Crippen LogP contribution in [0.25, 0.3) is 10.2 Å². The van der Waals surface area contributed by atoms with Gasteiger partial charge in [0.15, 0.2) is 0 Å². The van der Waals surface area contributed by atoms with Crippen LogP contribution >= 0.6 is 11.3 Å². The van der Waals surface area contributed by atoms with Gasteiger partial charge in [-0.1, -0.05) is 42.5 Å². The van der Waals surface area contributed by atoms with Crippen LogP contribution in [0.2, 0.25) is 0 Å². The summed E-state index contributed by atoms with van der Waals surface area (Å²) in [6, 6.07) is 27.6. The number of aromatic nitrogens is 1. The standard InChI is InChI=1S/C32H36N4O4S/c1-2-6-27(7-3-1)36-30(24-29(34-36)32-33-28-8-4-5-9-31(28)41-32)25-10-12-26(13-11-25)35-14-16-37-18-20-39-22-23-40-21-19-38-17-15-35/h1-13,30H,14-24H2. The number of rotatable bonds is 4. The minimum atomic E-state index is 0.0862. The SMILES string of the molecule is c1ccc(N2N=C(c3nc4ccccc4s3)CC2c2ccc(N3CCOCCOCCOCCOCC3)cc2)cc1. The van der Waals surface area contributed by atoms with Gasteiger partial charge in [-0.3, -0.25) is 5.01 Å². The van der Waals surface area contributed by atoms with Crippen LogP contribution in [-0.2, 0) is 18.9 Å². The fourth-order valence-electron chi connectivity index (χ4n) is 5.10. The van der Waals surface area contributed by atoms with Crippen molar-refractivity contribution in [2.75, 3.05) is 75.9 Å². The van der Waals surface area contributed by atoms with Crippen LogP contribution in [0.3, 0.4) is 0 Å².